The number of aliphatic carboxylic acids is 1. The highest BCUT2D eigenvalue weighted by Gasteiger charge is 2.17. The van der Waals surface area contributed by atoms with E-state index in [9.17, 15) is 13.2 Å². The fourth-order valence-corrected chi connectivity index (χ4v) is 1.95. The number of hydrogen-bond acceptors (Lipinski definition) is 4. The van der Waals surface area contributed by atoms with Crippen LogP contribution in [0.1, 0.15) is 5.69 Å². The Labute approximate surface area is 81.1 Å². The summed E-state index contributed by atoms with van der Waals surface area (Å²) in [5, 5.41) is 8.40. The molecule has 1 aromatic rings. The molecular formula is C7H10N2O4S. The van der Waals surface area contributed by atoms with Gasteiger partial charge in [0.1, 0.15) is 0 Å². The van der Waals surface area contributed by atoms with Crippen LogP contribution in [0.15, 0.2) is 11.4 Å². The summed E-state index contributed by atoms with van der Waals surface area (Å²) >= 11 is 0. The molecule has 1 rings (SSSR count). The number of nitrogens with zero attached hydrogens (tertiary/aromatic N) is 2. The van der Waals surface area contributed by atoms with Gasteiger partial charge in [-0.15, -0.1) is 0 Å². The predicted octanol–water partition coefficient (Wildman–Crippen LogP) is -0.549. The molecule has 1 aromatic heterocycles. The molecule has 0 atom stereocenters. The number of hydrogen-bond donors (Lipinski definition) is 1. The molecule has 0 aliphatic rings. The minimum absolute atomic E-state index is 0.117. The van der Waals surface area contributed by atoms with Crippen LogP contribution in [0.4, 0.5) is 0 Å². The van der Waals surface area contributed by atoms with Gasteiger partial charge in [0, 0.05) is 19.0 Å². The van der Waals surface area contributed by atoms with E-state index < -0.39 is 15.8 Å². The molecule has 0 aromatic carbocycles. The van der Waals surface area contributed by atoms with E-state index in [1.807, 2.05) is 0 Å². The molecule has 0 amide bonds. The standard InChI is InChI=1S/C7H10N2O4S/c1-9-5(3-6(10)11)4-8-7(9)14(2,12)13/h4H,3H2,1-2H3,(H,10,11). The molecule has 0 aliphatic carbocycles. The number of aromatic nitrogens is 2. The van der Waals surface area contributed by atoms with E-state index in [0.29, 0.717) is 5.69 Å². The lowest BCUT2D eigenvalue weighted by Crippen LogP contribution is -2.10. The summed E-state index contributed by atoms with van der Waals surface area (Å²) in [5.74, 6) is -1.02. The molecule has 0 saturated heterocycles. The van der Waals surface area contributed by atoms with Gasteiger partial charge in [-0.25, -0.2) is 13.4 Å². The second kappa shape index (κ2) is 3.41. The zero-order valence-corrected chi connectivity index (χ0v) is 8.58. The molecular weight excluding hydrogens is 208 g/mol. The second-order valence-corrected chi connectivity index (χ2v) is 4.84. The maximum absolute atomic E-state index is 11.1. The van der Waals surface area contributed by atoms with Crippen molar-refractivity contribution in [2.75, 3.05) is 6.26 Å². The van der Waals surface area contributed by atoms with Gasteiger partial charge in [-0.05, 0) is 0 Å². The summed E-state index contributed by atoms with van der Waals surface area (Å²) in [6.07, 6.45) is 2.05. The van der Waals surface area contributed by atoms with Crippen molar-refractivity contribution in [3.8, 4) is 0 Å². The molecule has 7 heteroatoms. The molecule has 6 nitrogen and oxygen atoms in total. The lowest BCUT2D eigenvalue weighted by atomic mass is 10.3. The average molecular weight is 218 g/mol. The highest BCUT2D eigenvalue weighted by atomic mass is 32.2. The Bertz CT molecular complexity index is 460. The van der Waals surface area contributed by atoms with Crippen LogP contribution in [0.25, 0.3) is 0 Å². The molecule has 0 saturated carbocycles. The number of carbonyl (C=O) groups is 1. The topological polar surface area (TPSA) is 89.3 Å². The highest BCUT2D eigenvalue weighted by molar-refractivity contribution is 7.90. The summed E-state index contributed by atoms with van der Waals surface area (Å²) in [6, 6.07) is 0. The van der Waals surface area contributed by atoms with Gasteiger partial charge in [0.15, 0.2) is 0 Å². The van der Waals surface area contributed by atoms with Crippen LogP contribution in [0.3, 0.4) is 0 Å². The monoisotopic (exact) mass is 218 g/mol. The van der Waals surface area contributed by atoms with Crippen molar-refractivity contribution < 1.29 is 18.3 Å². The van der Waals surface area contributed by atoms with E-state index in [0.717, 1.165) is 6.26 Å². The Morgan fingerprint density at radius 3 is 2.57 bits per heavy atom. The molecule has 0 fully saturated rings. The summed E-state index contributed by atoms with van der Waals surface area (Å²) in [4.78, 5) is 14.0. The van der Waals surface area contributed by atoms with Crippen molar-refractivity contribution in [2.45, 2.75) is 11.6 Å². The van der Waals surface area contributed by atoms with Crippen LogP contribution in [0.2, 0.25) is 0 Å². The molecule has 14 heavy (non-hydrogen) atoms. The summed E-state index contributed by atoms with van der Waals surface area (Å²) in [6.45, 7) is 0. The van der Waals surface area contributed by atoms with Crippen molar-refractivity contribution in [2.24, 2.45) is 7.05 Å². The number of rotatable bonds is 3. The molecule has 0 radical (unpaired) electrons. The van der Waals surface area contributed by atoms with Gasteiger partial charge in [-0.3, -0.25) is 4.79 Å². The number of carboxylic acid groups (broad SMARTS) is 1. The normalized spacial score (nSPS) is 11.6. The molecule has 78 valence electrons. The van der Waals surface area contributed by atoms with E-state index in [2.05, 4.69) is 4.98 Å². The first kappa shape index (κ1) is 10.7. The smallest absolute Gasteiger partial charge is 0.309 e. The lowest BCUT2D eigenvalue weighted by molar-refractivity contribution is -0.136. The molecule has 0 spiro atoms. The van der Waals surface area contributed by atoms with Crippen LogP contribution in [0, 0.1) is 0 Å². The Balaban J connectivity index is 3.16. The van der Waals surface area contributed by atoms with Crippen molar-refractivity contribution in [1.82, 2.24) is 9.55 Å². The second-order valence-electron chi connectivity index (χ2n) is 2.93. The van der Waals surface area contributed by atoms with Gasteiger partial charge in [0.25, 0.3) is 0 Å². The fourth-order valence-electron chi connectivity index (χ4n) is 1.09. The largest absolute Gasteiger partial charge is 0.481 e. The summed E-state index contributed by atoms with van der Waals surface area (Å²) < 4.78 is 23.5. The quantitative estimate of drug-likeness (QED) is 0.735. The van der Waals surface area contributed by atoms with Gasteiger partial charge in [0.05, 0.1) is 12.6 Å². The predicted molar refractivity (Wildman–Crippen MR) is 47.7 cm³/mol. The van der Waals surface area contributed by atoms with Crippen molar-refractivity contribution in [3.63, 3.8) is 0 Å². The number of carboxylic acids is 1. The molecule has 0 bridgehead atoms. The molecule has 1 heterocycles. The number of sulfone groups is 1. The van der Waals surface area contributed by atoms with Crippen molar-refractivity contribution in [1.29, 1.82) is 0 Å². The van der Waals surface area contributed by atoms with Gasteiger partial charge in [0.2, 0.25) is 15.0 Å². The summed E-state index contributed by atoms with van der Waals surface area (Å²) in [5.41, 5.74) is 0.359. The Morgan fingerprint density at radius 1 is 1.64 bits per heavy atom. The lowest BCUT2D eigenvalue weighted by Gasteiger charge is -2.01. The fraction of sp³-hybridized carbons (Fsp3) is 0.429. The van der Waals surface area contributed by atoms with Crippen molar-refractivity contribution >= 4 is 15.8 Å². The average Bonchev–Trinajstić information content (AvgIpc) is 2.30. The molecule has 1 N–H and O–H groups in total. The third kappa shape index (κ3) is 2.11. The Hall–Kier alpha value is -1.37. The van der Waals surface area contributed by atoms with Gasteiger partial charge in [-0.1, -0.05) is 0 Å². The van der Waals surface area contributed by atoms with Crippen LogP contribution in [-0.4, -0.2) is 35.3 Å². The van der Waals surface area contributed by atoms with E-state index >= 15 is 0 Å². The SMILES string of the molecule is Cn1c(CC(=O)O)cnc1S(C)(=O)=O. The van der Waals surface area contributed by atoms with Crippen molar-refractivity contribution in [3.05, 3.63) is 11.9 Å². The Morgan fingerprint density at radius 2 is 2.21 bits per heavy atom. The highest BCUT2D eigenvalue weighted by Crippen LogP contribution is 2.09. The zero-order valence-electron chi connectivity index (χ0n) is 7.76. The minimum Gasteiger partial charge on any atom is -0.481 e. The van der Waals surface area contributed by atoms with Crippen LogP contribution in [-0.2, 0) is 28.1 Å². The van der Waals surface area contributed by atoms with E-state index in [-0.39, 0.29) is 11.6 Å². The first-order valence-electron chi connectivity index (χ1n) is 3.75. The zero-order chi connectivity index (χ0) is 10.9. The number of imidazole rings is 1. The maximum Gasteiger partial charge on any atom is 0.309 e. The van der Waals surface area contributed by atoms with Gasteiger partial charge < -0.3 is 9.67 Å². The summed E-state index contributed by atoms with van der Waals surface area (Å²) in [7, 11) is -1.92. The molecule has 0 aliphatic heterocycles. The van der Waals surface area contributed by atoms with Crippen LogP contribution < -0.4 is 0 Å². The van der Waals surface area contributed by atoms with Crippen LogP contribution in [0.5, 0.6) is 0 Å². The third-order valence-electron chi connectivity index (χ3n) is 1.71. The van der Waals surface area contributed by atoms with E-state index in [1.165, 1.54) is 17.8 Å². The van der Waals surface area contributed by atoms with Gasteiger partial charge in [-0.2, -0.15) is 0 Å². The molecule has 0 unspecified atom stereocenters. The first-order chi connectivity index (χ1) is 6.32. The van der Waals surface area contributed by atoms with Gasteiger partial charge >= 0.3 is 5.97 Å². The first-order valence-corrected chi connectivity index (χ1v) is 5.64. The minimum atomic E-state index is -3.39. The Kier molecular flexibility index (Phi) is 2.61. The third-order valence-corrected chi connectivity index (χ3v) is 2.75. The van der Waals surface area contributed by atoms with E-state index in [4.69, 9.17) is 5.11 Å². The van der Waals surface area contributed by atoms with E-state index in [1.54, 1.807) is 0 Å². The maximum atomic E-state index is 11.1. The van der Waals surface area contributed by atoms with Crippen LogP contribution >= 0.6 is 0 Å².